The van der Waals surface area contributed by atoms with Crippen LogP contribution in [0.5, 0.6) is 5.75 Å². The van der Waals surface area contributed by atoms with Crippen molar-refractivity contribution in [1.82, 2.24) is 4.98 Å². The van der Waals surface area contributed by atoms with Crippen molar-refractivity contribution in [2.24, 2.45) is 0 Å². The number of ether oxygens (including phenoxy) is 1. The Morgan fingerprint density at radius 2 is 1.43 bits per heavy atom. The van der Waals surface area contributed by atoms with Crippen LogP contribution in [0.2, 0.25) is 0 Å². The molecule has 1 aromatic carbocycles. The van der Waals surface area contributed by atoms with Gasteiger partial charge in [-0.15, -0.1) is 0 Å². The lowest BCUT2D eigenvalue weighted by Gasteiger charge is -2.03. The molecule has 2 rings (SSSR count). The average molecular weight is 388 g/mol. The molecule has 156 valence electrons. The molecule has 0 bridgehead atoms. The van der Waals surface area contributed by atoms with Crippen LogP contribution in [-0.2, 0) is 6.42 Å². The number of nitrogens with one attached hydrogen (secondary N) is 1. The first-order valence-electron chi connectivity index (χ1n) is 11.2. The van der Waals surface area contributed by atoms with Gasteiger partial charge in [-0.2, -0.15) is 0 Å². The van der Waals surface area contributed by atoms with Gasteiger partial charge in [0.05, 0.1) is 0 Å². The molecule has 1 aromatic heterocycles. The van der Waals surface area contributed by atoms with E-state index in [1.54, 1.807) is 12.1 Å². The maximum absolute atomic E-state index is 10.6. The first kappa shape index (κ1) is 22.3. The SMILES string of the molecule is CCCCCCCCCCCCCCCc1cc2ccc(OC(=O)O)cc2[nH]1. The molecule has 0 radical (unpaired) electrons. The van der Waals surface area contributed by atoms with Crippen molar-refractivity contribution in [2.45, 2.75) is 96.8 Å². The summed E-state index contributed by atoms with van der Waals surface area (Å²) < 4.78 is 4.71. The summed E-state index contributed by atoms with van der Waals surface area (Å²) in [5.74, 6) is 0.356. The molecule has 2 N–H and O–H groups in total. The fourth-order valence-corrected chi connectivity index (χ4v) is 3.80. The van der Waals surface area contributed by atoms with Crippen LogP contribution in [0.15, 0.2) is 24.3 Å². The maximum atomic E-state index is 10.6. The number of benzene rings is 1. The first-order valence-corrected chi connectivity index (χ1v) is 11.2. The van der Waals surface area contributed by atoms with Crippen molar-refractivity contribution in [3.63, 3.8) is 0 Å². The van der Waals surface area contributed by atoms with Crippen LogP contribution < -0.4 is 4.74 Å². The van der Waals surface area contributed by atoms with Crippen LogP contribution in [0.1, 0.15) is 96.1 Å². The smallest absolute Gasteiger partial charge is 0.449 e. The molecular formula is C24H37NO3. The normalized spacial score (nSPS) is 11.2. The molecule has 0 atom stereocenters. The van der Waals surface area contributed by atoms with E-state index in [1.807, 2.05) is 6.07 Å². The highest BCUT2D eigenvalue weighted by atomic mass is 16.7. The Morgan fingerprint density at radius 3 is 2.00 bits per heavy atom. The summed E-state index contributed by atoms with van der Waals surface area (Å²) >= 11 is 0. The second-order valence-corrected chi connectivity index (χ2v) is 7.90. The predicted molar refractivity (Wildman–Crippen MR) is 116 cm³/mol. The van der Waals surface area contributed by atoms with Crippen molar-refractivity contribution >= 4 is 17.1 Å². The van der Waals surface area contributed by atoms with Gasteiger partial charge in [0.2, 0.25) is 0 Å². The zero-order valence-corrected chi connectivity index (χ0v) is 17.5. The molecule has 0 fully saturated rings. The molecule has 0 aliphatic rings. The Kier molecular flexibility index (Phi) is 10.6. The molecule has 0 saturated carbocycles. The van der Waals surface area contributed by atoms with Gasteiger partial charge in [0.15, 0.2) is 0 Å². The molecule has 0 aliphatic heterocycles. The molecule has 0 amide bonds. The van der Waals surface area contributed by atoms with Gasteiger partial charge >= 0.3 is 6.16 Å². The van der Waals surface area contributed by atoms with E-state index < -0.39 is 6.16 Å². The molecule has 0 unspecified atom stereocenters. The number of unbranched alkanes of at least 4 members (excludes halogenated alkanes) is 12. The highest BCUT2D eigenvalue weighted by Gasteiger charge is 2.05. The number of hydrogen-bond donors (Lipinski definition) is 2. The van der Waals surface area contributed by atoms with Crippen LogP contribution in [0.3, 0.4) is 0 Å². The summed E-state index contributed by atoms with van der Waals surface area (Å²) in [6.07, 6.45) is 17.5. The molecule has 4 nitrogen and oxygen atoms in total. The van der Waals surface area contributed by atoms with Crippen LogP contribution in [-0.4, -0.2) is 16.2 Å². The fraction of sp³-hybridized carbons (Fsp3) is 0.625. The number of H-pyrrole nitrogens is 1. The van der Waals surface area contributed by atoms with Crippen molar-refractivity contribution < 1.29 is 14.6 Å². The number of rotatable bonds is 15. The third kappa shape index (κ3) is 8.81. The Morgan fingerprint density at radius 1 is 0.857 bits per heavy atom. The monoisotopic (exact) mass is 387 g/mol. The summed E-state index contributed by atoms with van der Waals surface area (Å²) in [7, 11) is 0. The van der Waals surface area contributed by atoms with Crippen molar-refractivity contribution in [3.05, 3.63) is 30.0 Å². The van der Waals surface area contributed by atoms with Crippen molar-refractivity contribution in [3.8, 4) is 5.75 Å². The van der Waals surface area contributed by atoms with Gasteiger partial charge in [-0.05, 0) is 36.4 Å². The average Bonchev–Trinajstić information content (AvgIpc) is 3.07. The van der Waals surface area contributed by atoms with E-state index in [-0.39, 0.29) is 0 Å². The summed E-state index contributed by atoms with van der Waals surface area (Å²) in [6, 6.07) is 7.49. The van der Waals surface area contributed by atoms with Crippen LogP contribution >= 0.6 is 0 Å². The van der Waals surface area contributed by atoms with Gasteiger partial charge in [-0.1, -0.05) is 84.0 Å². The Balaban J connectivity index is 1.51. The summed E-state index contributed by atoms with van der Waals surface area (Å²) in [4.78, 5) is 14.0. The van der Waals surface area contributed by atoms with E-state index in [1.165, 1.54) is 89.2 Å². The third-order valence-corrected chi connectivity index (χ3v) is 5.40. The van der Waals surface area contributed by atoms with Crippen molar-refractivity contribution in [2.75, 3.05) is 0 Å². The van der Waals surface area contributed by atoms with Crippen LogP contribution in [0.4, 0.5) is 4.79 Å². The number of fused-ring (bicyclic) bond motifs is 1. The number of aromatic nitrogens is 1. The lowest BCUT2D eigenvalue weighted by Crippen LogP contribution is -2.02. The second kappa shape index (κ2) is 13.2. The number of hydrogen-bond acceptors (Lipinski definition) is 2. The maximum Gasteiger partial charge on any atom is 0.511 e. The van der Waals surface area contributed by atoms with Gasteiger partial charge in [0.1, 0.15) is 5.75 Å². The van der Waals surface area contributed by atoms with Gasteiger partial charge in [-0.3, -0.25) is 0 Å². The minimum absolute atomic E-state index is 0.356. The standard InChI is InChI=1S/C24H37NO3/c1-2-3-4-5-6-7-8-9-10-11-12-13-14-15-21-18-20-16-17-22(28-24(26)27)19-23(20)25-21/h16-19,25H,2-15H2,1H3,(H,26,27). The number of carbonyl (C=O) groups is 1. The second-order valence-electron chi connectivity index (χ2n) is 7.90. The minimum Gasteiger partial charge on any atom is -0.449 e. The quantitative estimate of drug-likeness (QED) is 0.186. The van der Waals surface area contributed by atoms with E-state index in [0.29, 0.717) is 5.75 Å². The van der Waals surface area contributed by atoms with Crippen LogP contribution in [0, 0.1) is 0 Å². The zero-order chi connectivity index (χ0) is 20.0. The molecule has 4 heteroatoms. The van der Waals surface area contributed by atoms with Crippen molar-refractivity contribution in [1.29, 1.82) is 0 Å². The highest BCUT2D eigenvalue weighted by molar-refractivity contribution is 5.82. The van der Waals surface area contributed by atoms with Crippen LogP contribution in [0.25, 0.3) is 10.9 Å². The lowest BCUT2D eigenvalue weighted by atomic mass is 10.0. The van der Waals surface area contributed by atoms with Gasteiger partial charge in [0, 0.05) is 17.3 Å². The number of aryl methyl sites for hydroxylation is 1. The fourth-order valence-electron chi connectivity index (χ4n) is 3.80. The minimum atomic E-state index is -1.28. The molecule has 1 heterocycles. The Hall–Kier alpha value is -1.97. The molecular weight excluding hydrogens is 350 g/mol. The van der Waals surface area contributed by atoms with Gasteiger partial charge in [-0.25, -0.2) is 4.79 Å². The number of aromatic amines is 1. The van der Waals surface area contributed by atoms with Gasteiger partial charge < -0.3 is 14.8 Å². The summed E-state index contributed by atoms with van der Waals surface area (Å²) in [6.45, 7) is 2.27. The third-order valence-electron chi connectivity index (χ3n) is 5.40. The predicted octanol–water partition coefficient (Wildman–Crippen LogP) is 7.86. The van der Waals surface area contributed by atoms with E-state index >= 15 is 0 Å². The highest BCUT2D eigenvalue weighted by Crippen LogP contribution is 2.22. The molecule has 2 aromatic rings. The molecule has 0 saturated heterocycles. The van der Waals surface area contributed by atoms with E-state index in [0.717, 1.165) is 17.3 Å². The van der Waals surface area contributed by atoms with Gasteiger partial charge in [0.25, 0.3) is 0 Å². The Bertz CT molecular complexity index is 692. The number of carboxylic acid groups (broad SMARTS) is 1. The zero-order valence-electron chi connectivity index (χ0n) is 17.5. The molecule has 0 spiro atoms. The topological polar surface area (TPSA) is 62.3 Å². The van der Waals surface area contributed by atoms with E-state index in [2.05, 4.69) is 18.0 Å². The van der Waals surface area contributed by atoms with E-state index in [9.17, 15) is 4.79 Å². The lowest BCUT2D eigenvalue weighted by molar-refractivity contribution is 0.144. The Labute approximate surface area is 169 Å². The van der Waals surface area contributed by atoms with E-state index in [4.69, 9.17) is 9.84 Å². The summed E-state index contributed by atoms with van der Waals surface area (Å²) in [5.41, 5.74) is 2.15. The molecule has 0 aliphatic carbocycles. The largest absolute Gasteiger partial charge is 0.511 e. The first-order chi connectivity index (χ1) is 13.7. The molecule has 28 heavy (non-hydrogen) atoms. The summed E-state index contributed by atoms with van der Waals surface area (Å²) in [5, 5.41) is 9.80.